The fraction of sp³-hybridized carbons (Fsp3) is 0.500. The Hall–Kier alpha value is -1.31. The second-order valence-electron chi connectivity index (χ2n) is 3.94. The highest BCUT2D eigenvalue weighted by Gasteiger charge is 2.05. The van der Waals surface area contributed by atoms with Gasteiger partial charge in [-0.1, -0.05) is 32.4 Å². The standard InChI is InChI=1S/C14H20O2/c1-3-5-6-12-7-9-13(10-8-12)14(15)16-11-4-2/h7-10H,3-6,11H2,1-2H3. The van der Waals surface area contributed by atoms with Crippen molar-refractivity contribution < 1.29 is 9.53 Å². The van der Waals surface area contributed by atoms with Gasteiger partial charge in [0.1, 0.15) is 0 Å². The summed E-state index contributed by atoms with van der Waals surface area (Å²) < 4.78 is 5.06. The summed E-state index contributed by atoms with van der Waals surface area (Å²) in [5, 5.41) is 0. The van der Waals surface area contributed by atoms with E-state index in [1.54, 1.807) is 0 Å². The third kappa shape index (κ3) is 4.05. The average molecular weight is 220 g/mol. The highest BCUT2D eigenvalue weighted by atomic mass is 16.5. The number of unbranched alkanes of at least 4 members (excludes halogenated alkanes) is 1. The fourth-order valence-corrected chi connectivity index (χ4v) is 1.47. The number of hydrogen-bond acceptors (Lipinski definition) is 2. The van der Waals surface area contributed by atoms with Gasteiger partial charge in [-0.2, -0.15) is 0 Å². The molecule has 0 atom stereocenters. The Morgan fingerprint density at radius 2 is 1.81 bits per heavy atom. The molecular weight excluding hydrogens is 200 g/mol. The smallest absolute Gasteiger partial charge is 0.338 e. The van der Waals surface area contributed by atoms with E-state index in [2.05, 4.69) is 6.92 Å². The molecule has 0 aliphatic carbocycles. The molecule has 0 aliphatic rings. The van der Waals surface area contributed by atoms with E-state index in [1.165, 1.54) is 18.4 Å². The van der Waals surface area contributed by atoms with Crippen LogP contribution in [-0.2, 0) is 11.2 Å². The van der Waals surface area contributed by atoms with Gasteiger partial charge in [0.2, 0.25) is 0 Å². The zero-order chi connectivity index (χ0) is 11.8. The van der Waals surface area contributed by atoms with Gasteiger partial charge >= 0.3 is 5.97 Å². The third-order valence-electron chi connectivity index (χ3n) is 2.45. The summed E-state index contributed by atoms with van der Waals surface area (Å²) in [7, 11) is 0. The van der Waals surface area contributed by atoms with Crippen LogP contribution in [-0.4, -0.2) is 12.6 Å². The Morgan fingerprint density at radius 3 is 2.38 bits per heavy atom. The van der Waals surface area contributed by atoms with Gasteiger partial charge in [0.25, 0.3) is 0 Å². The number of ether oxygens (including phenoxy) is 1. The highest BCUT2D eigenvalue weighted by Crippen LogP contribution is 2.09. The van der Waals surface area contributed by atoms with Crippen LogP contribution in [0.4, 0.5) is 0 Å². The van der Waals surface area contributed by atoms with Crippen molar-refractivity contribution in [3.05, 3.63) is 35.4 Å². The summed E-state index contributed by atoms with van der Waals surface area (Å²) in [6.45, 7) is 4.66. The quantitative estimate of drug-likeness (QED) is 0.685. The minimum absolute atomic E-state index is 0.219. The van der Waals surface area contributed by atoms with E-state index in [0.29, 0.717) is 12.2 Å². The molecule has 0 bridgehead atoms. The van der Waals surface area contributed by atoms with Gasteiger partial charge in [0.05, 0.1) is 12.2 Å². The molecule has 2 heteroatoms. The first-order valence-electron chi connectivity index (χ1n) is 6.04. The van der Waals surface area contributed by atoms with Gasteiger partial charge in [-0.25, -0.2) is 4.79 Å². The van der Waals surface area contributed by atoms with Gasteiger partial charge in [-0.05, 0) is 37.0 Å². The van der Waals surface area contributed by atoms with Gasteiger partial charge in [0, 0.05) is 0 Å². The van der Waals surface area contributed by atoms with E-state index in [1.807, 2.05) is 31.2 Å². The monoisotopic (exact) mass is 220 g/mol. The van der Waals surface area contributed by atoms with Crippen LogP contribution in [0.5, 0.6) is 0 Å². The van der Waals surface area contributed by atoms with E-state index in [9.17, 15) is 4.79 Å². The number of aryl methyl sites for hydroxylation is 1. The molecule has 16 heavy (non-hydrogen) atoms. The second kappa shape index (κ2) is 7.04. The molecule has 1 aromatic carbocycles. The molecule has 1 rings (SSSR count). The molecule has 2 nitrogen and oxygen atoms in total. The SMILES string of the molecule is CCCCc1ccc(C(=O)OCCC)cc1. The minimum atomic E-state index is -0.219. The lowest BCUT2D eigenvalue weighted by atomic mass is 10.1. The first-order chi connectivity index (χ1) is 7.77. The second-order valence-corrected chi connectivity index (χ2v) is 3.94. The summed E-state index contributed by atoms with van der Waals surface area (Å²) in [4.78, 5) is 11.5. The van der Waals surface area contributed by atoms with Gasteiger partial charge in [0.15, 0.2) is 0 Å². The number of rotatable bonds is 6. The van der Waals surface area contributed by atoms with E-state index < -0.39 is 0 Å². The Bertz CT molecular complexity index is 314. The zero-order valence-electron chi connectivity index (χ0n) is 10.2. The normalized spacial score (nSPS) is 10.1. The summed E-state index contributed by atoms with van der Waals surface area (Å²) in [5.41, 5.74) is 1.93. The van der Waals surface area contributed by atoms with Crippen molar-refractivity contribution in [2.24, 2.45) is 0 Å². The van der Waals surface area contributed by atoms with Crippen LogP contribution in [0.15, 0.2) is 24.3 Å². The number of esters is 1. The van der Waals surface area contributed by atoms with Crippen LogP contribution in [0.3, 0.4) is 0 Å². The highest BCUT2D eigenvalue weighted by molar-refractivity contribution is 5.89. The Labute approximate surface area is 97.6 Å². The van der Waals surface area contributed by atoms with Crippen LogP contribution in [0, 0.1) is 0 Å². The minimum Gasteiger partial charge on any atom is -0.462 e. The maximum absolute atomic E-state index is 11.5. The topological polar surface area (TPSA) is 26.3 Å². The largest absolute Gasteiger partial charge is 0.462 e. The molecule has 0 unspecified atom stereocenters. The Kier molecular flexibility index (Phi) is 5.62. The van der Waals surface area contributed by atoms with E-state index in [-0.39, 0.29) is 5.97 Å². The van der Waals surface area contributed by atoms with Crippen LogP contribution in [0.25, 0.3) is 0 Å². The maximum atomic E-state index is 11.5. The first kappa shape index (κ1) is 12.8. The molecule has 0 spiro atoms. The van der Waals surface area contributed by atoms with Crippen LogP contribution >= 0.6 is 0 Å². The summed E-state index contributed by atoms with van der Waals surface area (Å²) in [5.74, 6) is -0.219. The Morgan fingerprint density at radius 1 is 1.12 bits per heavy atom. The molecule has 0 radical (unpaired) electrons. The third-order valence-corrected chi connectivity index (χ3v) is 2.45. The van der Waals surface area contributed by atoms with Crippen molar-refractivity contribution in [1.29, 1.82) is 0 Å². The lowest BCUT2D eigenvalue weighted by Crippen LogP contribution is -2.05. The van der Waals surface area contributed by atoms with Crippen molar-refractivity contribution in [3.8, 4) is 0 Å². The van der Waals surface area contributed by atoms with E-state index in [0.717, 1.165) is 12.8 Å². The number of hydrogen-bond donors (Lipinski definition) is 0. The molecule has 0 heterocycles. The number of carbonyl (C=O) groups is 1. The summed E-state index contributed by atoms with van der Waals surface area (Å²) >= 11 is 0. The number of benzene rings is 1. The first-order valence-corrected chi connectivity index (χ1v) is 6.04. The number of carbonyl (C=O) groups excluding carboxylic acids is 1. The summed E-state index contributed by atoms with van der Waals surface area (Å²) in [6.07, 6.45) is 4.33. The fourth-order valence-electron chi connectivity index (χ4n) is 1.47. The van der Waals surface area contributed by atoms with Crippen LogP contribution < -0.4 is 0 Å². The predicted octanol–water partition coefficient (Wildman–Crippen LogP) is 3.60. The average Bonchev–Trinajstić information content (AvgIpc) is 2.34. The van der Waals surface area contributed by atoms with E-state index >= 15 is 0 Å². The lowest BCUT2D eigenvalue weighted by Gasteiger charge is -2.04. The lowest BCUT2D eigenvalue weighted by molar-refractivity contribution is 0.0505. The molecule has 88 valence electrons. The van der Waals surface area contributed by atoms with Crippen LogP contribution in [0.2, 0.25) is 0 Å². The molecule has 0 aromatic heterocycles. The van der Waals surface area contributed by atoms with E-state index in [4.69, 9.17) is 4.74 Å². The van der Waals surface area contributed by atoms with Gasteiger partial charge < -0.3 is 4.74 Å². The molecule has 0 amide bonds. The van der Waals surface area contributed by atoms with Crippen molar-refractivity contribution in [2.45, 2.75) is 39.5 Å². The Balaban J connectivity index is 2.53. The summed E-state index contributed by atoms with van der Waals surface area (Å²) in [6, 6.07) is 7.72. The van der Waals surface area contributed by atoms with Crippen molar-refractivity contribution in [1.82, 2.24) is 0 Å². The van der Waals surface area contributed by atoms with Crippen molar-refractivity contribution in [3.63, 3.8) is 0 Å². The van der Waals surface area contributed by atoms with Gasteiger partial charge in [-0.15, -0.1) is 0 Å². The molecule has 0 saturated heterocycles. The van der Waals surface area contributed by atoms with Crippen molar-refractivity contribution in [2.75, 3.05) is 6.61 Å². The molecule has 0 fully saturated rings. The molecule has 0 saturated carbocycles. The molecule has 0 N–H and O–H groups in total. The zero-order valence-corrected chi connectivity index (χ0v) is 10.2. The van der Waals surface area contributed by atoms with Gasteiger partial charge in [-0.3, -0.25) is 0 Å². The molecular formula is C14H20O2. The van der Waals surface area contributed by atoms with Crippen molar-refractivity contribution >= 4 is 5.97 Å². The maximum Gasteiger partial charge on any atom is 0.338 e. The predicted molar refractivity (Wildman–Crippen MR) is 65.6 cm³/mol. The van der Waals surface area contributed by atoms with Crippen LogP contribution in [0.1, 0.15) is 49.0 Å². The molecule has 1 aromatic rings. The molecule has 0 aliphatic heterocycles.